The Morgan fingerprint density at radius 3 is 2.16 bits per heavy atom. The summed E-state index contributed by atoms with van der Waals surface area (Å²) in [4.78, 5) is 35.3. The summed E-state index contributed by atoms with van der Waals surface area (Å²) in [5, 5.41) is 4.30. The molecule has 0 saturated carbocycles. The van der Waals surface area contributed by atoms with Crippen molar-refractivity contribution in [3.8, 4) is 0 Å². The van der Waals surface area contributed by atoms with E-state index in [4.69, 9.17) is 0 Å². The van der Waals surface area contributed by atoms with Gasteiger partial charge in [-0.3, -0.25) is 20.2 Å². The van der Waals surface area contributed by atoms with Crippen molar-refractivity contribution in [2.24, 2.45) is 5.41 Å². The van der Waals surface area contributed by atoms with Crippen molar-refractivity contribution in [1.82, 2.24) is 10.6 Å². The van der Waals surface area contributed by atoms with Gasteiger partial charge in [-0.2, -0.15) is 0 Å². The van der Waals surface area contributed by atoms with Gasteiger partial charge < -0.3 is 0 Å². The molecule has 19 heavy (non-hydrogen) atoms. The molecule has 0 spiro atoms. The molecule has 1 saturated heterocycles. The Labute approximate surface area is 110 Å². The minimum atomic E-state index is -1.31. The molecule has 0 unspecified atom stereocenters. The van der Waals surface area contributed by atoms with Crippen molar-refractivity contribution in [2.45, 2.75) is 12.8 Å². The van der Waals surface area contributed by atoms with Gasteiger partial charge in [0.2, 0.25) is 11.8 Å². The quantitative estimate of drug-likeness (QED) is 0.628. The zero-order chi connectivity index (χ0) is 13.9. The summed E-state index contributed by atoms with van der Waals surface area (Å²) < 4.78 is 0. The second kappa shape index (κ2) is 5.06. The van der Waals surface area contributed by atoms with Crippen LogP contribution in [0.4, 0.5) is 4.79 Å². The third-order valence-corrected chi connectivity index (χ3v) is 3.16. The molecule has 0 bridgehead atoms. The fourth-order valence-corrected chi connectivity index (χ4v) is 2.19. The number of urea groups is 1. The normalized spacial score (nSPS) is 17.6. The molecule has 0 aliphatic carbocycles. The first-order chi connectivity index (χ1) is 9.08. The Morgan fingerprint density at radius 2 is 1.63 bits per heavy atom. The number of nitrogens with one attached hydrogen (secondary N) is 2. The molecule has 98 valence electrons. The standard InChI is InChI=1S/C14H14N2O3/c1-2-8-14(9-10-6-4-3-5-7-10)11(17)15-13(19)16-12(14)18/h2-7H,1,8-9H2,(H2,15,16,17,18,19). The number of hydrogen-bond donors (Lipinski definition) is 2. The largest absolute Gasteiger partial charge is 0.328 e. The zero-order valence-corrected chi connectivity index (χ0v) is 10.3. The van der Waals surface area contributed by atoms with E-state index in [9.17, 15) is 14.4 Å². The third kappa shape index (κ3) is 2.40. The monoisotopic (exact) mass is 258 g/mol. The summed E-state index contributed by atoms with van der Waals surface area (Å²) in [6.07, 6.45) is 1.91. The lowest BCUT2D eigenvalue weighted by molar-refractivity contribution is -0.144. The molecule has 1 fully saturated rings. The van der Waals surface area contributed by atoms with Crippen LogP contribution in [0.2, 0.25) is 0 Å². The number of carbonyl (C=O) groups excluding carboxylic acids is 3. The van der Waals surface area contributed by atoms with Gasteiger partial charge in [-0.1, -0.05) is 36.4 Å². The van der Waals surface area contributed by atoms with Crippen LogP contribution < -0.4 is 10.6 Å². The first-order valence-corrected chi connectivity index (χ1v) is 5.90. The summed E-state index contributed by atoms with van der Waals surface area (Å²) >= 11 is 0. The highest BCUT2D eigenvalue weighted by molar-refractivity contribution is 6.19. The van der Waals surface area contributed by atoms with E-state index in [-0.39, 0.29) is 12.8 Å². The highest BCUT2D eigenvalue weighted by Crippen LogP contribution is 2.30. The molecule has 1 aliphatic heterocycles. The number of carbonyl (C=O) groups is 3. The second-order valence-electron chi connectivity index (χ2n) is 4.47. The van der Waals surface area contributed by atoms with Crippen molar-refractivity contribution in [2.75, 3.05) is 0 Å². The molecule has 5 nitrogen and oxygen atoms in total. The molecule has 2 rings (SSSR count). The number of imide groups is 2. The summed E-state index contributed by atoms with van der Waals surface area (Å²) in [6, 6.07) is 8.42. The van der Waals surface area contributed by atoms with E-state index in [1.165, 1.54) is 6.08 Å². The van der Waals surface area contributed by atoms with Crippen LogP contribution in [0.25, 0.3) is 0 Å². The summed E-state index contributed by atoms with van der Waals surface area (Å²) in [5.41, 5.74) is -0.458. The predicted molar refractivity (Wildman–Crippen MR) is 69.1 cm³/mol. The molecule has 2 N–H and O–H groups in total. The predicted octanol–water partition coefficient (Wildman–Crippen LogP) is 1.16. The Hall–Kier alpha value is -2.43. The van der Waals surface area contributed by atoms with Crippen LogP contribution in [-0.2, 0) is 16.0 Å². The number of rotatable bonds is 4. The molecule has 0 atom stereocenters. The number of barbiturate groups is 1. The van der Waals surface area contributed by atoms with Crippen molar-refractivity contribution in [1.29, 1.82) is 0 Å². The molecule has 1 aromatic rings. The van der Waals surface area contributed by atoms with Crippen LogP contribution in [-0.4, -0.2) is 17.8 Å². The minimum Gasteiger partial charge on any atom is -0.277 e. The van der Waals surface area contributed by atoms with E-state index in [2.05, 4.69) is 17.2 Å². The van der Waals surface area contributed by atoms with Crippen LogP contribution in [0.5, 0.6) is 0 Å². The fraction of sp³-hybridized carbons (Fsp3) is 0.214. The van der Waals surface area contributed by atoms with Gasteiger partial charge in [-0.25, -0.2) is 4.79 Å². The van der Waals surface area contributed by atoms with E-state index < -0.39 is 23.3 Å². The maximum atomic E-state index is 12.1. The van der Waals surface area contributed by atoms with Gasteiger partial charge in [0, 0.05) is 0 Å². The Kier molecular flexibility index (Phi) is 3.46. The van der Waals surface area contributed by atoms with E-state index in [0.717, 1.165) is 5.56 Å². The summed E-state index contributed by atoms with van der Waals surface area (Å²) in [5.74, 6) is -1.16. The first-order valence-electron chi connectivity index (χ1n) is 5.90. The molecule has 1 aromatic carbocycles. The summed E-state index contributed by atoms with van der Waals surface area (Å²) in [6.45, 7) is 3.58. The van der Waals surface area contributed by atoms with Crippen molar-refractivity contribution in [3.05, 3.63) is 48.6 Å². The van der Waals surface area contributed by atoms with Crippen molar-refractivity contribution in [3.63, 3.8) is 0 Å². The Balaban J connectivity index is 2.36. The molecule has 5 heteroatoms. The van der Waals surface area contributed by atoms with Gasteiger partial charge in [0.25, 0.3) is 0 Å². The summed E-state index contributed by atoms with van der Waals surface area (Å²) in [7, 11) is 0. The lowest BCUT2D eigenvalue weighted by atomic mass is 9.76. The minimum absolute atomic E-state index is 0.173. The van der Waals surface area contributed by atoms with Crippen LogP contribution in [0.1, 0.15) is 12.0 Å². The number of hydrogen-bond acceptors (Lipinski definition) is 3. The molecular formula is C14H14N2O3. The maximum absolute atomic E-state index is 12.1. The molecule has 1 aliphatic rings. The van der Waals surface area contributed by atoms with E-state index in [1.807, 2.05) is 30.3 Å². The van der Waals surface area contributed by atoms with Gasteiger partial charge in [0.15, 0.2) is 0 Å². The number of amides is 4. The molecule has 4 amide bonds. The highest BCUT2D eigenvalue weighted by Gasteiger charge is 2.49. The lowest BCUT2D eigenvalue weighted by Gasteiger charge is -2.33. The fourth-order valence-electron chi connectivity index (χ4n) is 2.19. The van der Waals surface area contributed by atoms with Crippen LogP contribution in [0, 0.1) is 5.41 Å². The van der Waals surface area contributed by atoms with E-state index >= 15 is 0 Å². The molecule has 0 aromatic heterocycles. The molecule has 0 radical (unpaired) electrons. The second-order valence-corrected chi connectivity index (χ2v) is 4.47. The molecule has 1 heterocycles. The number of benzene rings is 1. The van der Waals surface area contributed by atoms with Crippen LogP contribution >= 0.6 is 0 Å². The van der Waals surface area contributed by atoms with Gasteiger partial charge in [-0.15, -0.1) is 6.58 Å². The van der Waals surface area contributed by atoms with Crippen molar-refractivity contribution < 1.29 is 14.4 Å². The van der Waals surface area contributed by atoms with Gasteiger partial charge in [0.05, 0.1) is 0 Å². The average molecular weight is 258 g/mol. The van der Waals surface area contributed by atoms with Crippen LogP contribution in [0.3, 0.4) is 0 Å². The van der Waals surface area contributed by atoms with Gasteiger partial charge in [0.1, 0.15) is 5.41 Å². The Bertz CT molecular complexity index is 517. The average Bonchev–Trinajstić information content (AvgIpc) is 2.37. The highest BCUT2D eigenvalue weighted by atomic mass is 16.2. The number of allylic oxidation sites excluding steroid dienone is 1. The molecular weight excluding hydrogens is 244 g/mol. The van der Waals surface area contributed by atoms with Crippen molar-refractivity contribution >= 4 is 17.8 Å². The van der Waals surface area contributed by atoms with Gasteiger partial charge >= 0.3 is 6.03 Å². The first kappa shape index (κ1) is 13.0. The lowest BCUT2D eigenvalue weighted by Crippen LogP contribution is -2.63. The van der Waals surface area contributed by atoms with E-state index in [0.29, 0.717) is 0 Å². The van der Waals surface area contributed by atoms with Crippen LogP contribution in [0.15, 0.2) is 43.0 Å². The maximum Gasteiger partial charge on any atom is 0.328 e. The zero-order valence-electron chi connectivity index (χ0n) is 10.3. The SMILES string of the molecule is C=CCC1(Cc2ccccc2)C(=O)NC(=O)NC1=O. The van der Waals surface area contributed by atoms with E-state index in [1.54, 1.807) is 0 Å². The smallest absolute Gasteiger partial charge is 0.277 e. The third-order valence-electron chi connectivity index (χ3n) is 3.16. The van der Waals surface area contributed by atoms with Gasteiger partial charge in [-0.05, 0) is 18.4 Å². The topological polar surface area (TPSA) is 75.3 Å². The Morgan fingerprint density at radius 1 is 1.05 bits per heavy atom.